The van der Waals surface area contributed by atoms with Crippen molar-refractivity contribution in [3.05, 3.63) is 44.3 Å². The highest BCUT2D eigenvalue weighted by Crippen LogP contribution is 2.25. The monoisotopic (exact) mass is 326 g/mol. The number of hydrogen-bond acceptors (Lipinski definition) is 4. The van der Waals surface area contributed by atoms with Gasteiger partial charge in [0.25, 0.3) is 0 Å². The Labute approximate surface area is 119 Å². The van der Waals surface area contributed by atoms with Crippen LogP contribution in [0.5, 0.6) is 5.75 Å². The quantitative estimate of drug-likeness (QED) is 0.917. The summed E-state index contributed by atoms with van der Waals surface area (Å²) >= 11 is 5.12. The second kappa shape index (κ2) is 6.31. The van der Waals surface area contributed by atoms with Crippen LogP contribution in [0, 0.1) is 6.92 Å². The number of rotatable bonds is 5. The summed E-state index contributed by atoms with van der Waals surface area (Å²) in [5.74, 6) is 0.898. The van der Waals surface area contributed by atoms with Crippen molar-refractivity contribution in [1.29, 1.82) is 0 Å². The average molecular weight is 327 g/mol. The number of benzene rings is 1. The zero-order valence-corrected chi connectivity index (χ0v) is 12.6. The fraction of sp³-hybridized carbons (Fsp3) is 0.308. The molecule has 1 aromatic heterocycles. The summed E-state index contributed by atoms with van der Waals surface area (Å²) in [6.45, 7) is 3.17. The fourth-order valence-corrected chi connectivity index (χ4v) is 2.78. The van der Waals surface area contributed by atoms with Gasteiger partial charge in [-0.25, -0.2) is 4.98 Å². The first-order chi connectivity index (χ1) is 8.69. The van der Waals surface area contributed by atoms with Gasteiger partial charge in [-0.15, -0.1) is 11.3 Å². The molecule has 0 radical (unpaired) electrons. The van der Waals surface area contributed by atoms with E-state index < -0.39 is 0 Å². The lowest BCUT2D eigenvalue weighted by atomic mass is 10.1. The minimum Gasteiger partial charge on any atom is -0.488 e. The summed E-state index contributed by atoms with van der Waals surface area (Å²) in [4.78, 5) is 5.35. The molecule has 1 heterocycles. The Bertz CT molecular complexity index is 527. The summed E-state index contributed by atoms with van der Waals surface area (Å²) in [5.41, 5.74) is 6.74. The lowest BCUT2D eigenvalue weighted by Gasteiger charge is -2.10. The van der Waals surface area contributed by atoms with Gasteiger partial charge in [0.2, 0.25) is 0 Å². The Morgan fingerprint density at radius 1 is 1.44 bits per heavy atom. The van der Waals surface area contributed by atoms with Crippen molar-refractivity contribution in [1.82, 2.24) is 4.98 Å². The average Bonchev–Trinajstić information content (AvgIpc) is 2.75. The first-order valence-corrected chi connectivity index (χ1v) is 7.32. The number of thiazole rings is 1. The minimum absolute atomic E-state index is 0.560. The summed E-state index contributed by atoms with van der Waals surface area (Å²) in [6.07, 6.45) is 2.68. The molecule has 3 nitrogen and oxygen atoms in total. The van der Waals surface area contributed by atoms with Crippen LogP contribution in [0.3, 0.4) is 0 Å². The second-order valence-corrected chi connectivity index (χ2v) is 6.16. The maximum Gasteiger partial charge on any atom is 0.124 e. The Hall–Kier alpha value is -0.910. The number of nitrogens with two attached hydrogens (primary N) is 1. The van der Waals surface area contributed by atoms with Gasteiger partial charge in [0.1, 0.15) is 12.4 Å². The van der Waals surface area contributed by atoms with Gasteiger partial charge < -0.3 is 10.5 Å². The van der Waals surface area contributed by atoms with E-state index in [1.165, 1.54) is 0 Å². The van der Waals surface area contributed by atoms with Crippen LogP contribution in [-0.2, 0) is 13.0 Å². The smallest absolute Gasteiger partial charge is 0.124 e. The molecule has 2 rings (SSSR count). The molecule has 0 saturated heterocycles. The fourth-order valence-electron chi connectivity index (χ4n) is 1.66. The summed E-state index contributed by atoms with van der Waals surface area (Å²) in [6, 6.07) is 6.01. The zero-order valence-electron chi connectivity index (χ0n) is 10.1. The van der Waals surface area contributed by atoms with Crippen LogP contribution in [-0.4, -0.2) is 11.5 Å². The van der Waals surface area contributed by atoms with E-state index in [4.69, 9.17) is 10.5 Å². The van der Waals surface area contributed by atoms with Crippen LogP contribution in [0.2, 0.25) is 0 Å². The number of nitrogens with zero attached hydrogens (tertiary/aromatic N) is 1. The third-order valence-electron chi connectivity index (χ3n) is 2.48. The Morgan fingerprint density at radius 3 is 2.94 bits per heavy atom. The van der Waals surface area contributed by atoms with Gasteiger partial charge in [-0.2, -0.15) is 0 Å². The van der Waals surface area contributed by atoms with Crippen molar-refractivity contribution in [3.8, 4) is 5.75 Å². The van der Waals surface area contributed by atoms with Gasteiger partial charge in [0.15, 0.2) is 0 Å². The molecule has 0 bridgehead atoms. The van der Waals surface area contributed by atoms with E-state index in [9.17, 15) is 0 Å². The summed E-state index contributed by atoms with van der Waals surface area (Å²) in [7, 11) is 0. The van der Waals surface area contributed by atoms with Crippen molar-refractivity contribution in [3.63, 3.8) is 0 Å². The van der Waals surface area contributed by atoms with E-state index in [0.717, 1.165) is 32.1 Å². The van der Waals surface area contributed by atoms with Crippen molar-refractivity contribution in [2.45, 2.75) is 20.0 Å². The third-order valence-corrected chi connectivity index (χ3v) is 3.85. The maximum atomic E-state index is 5.84. The molecule has 1 aromatic carbocycles. The van der Waals surface area contributed by atoms with Crippen molar-refractivity contribution in [2.24, 2.45) is 5.73 Å². The molecular weight excluding hydrogens is 312 g/mol. The Kier molecular flexibility index (Phi) is 4.74. The van der Waals surface area contributed by atoms with Gasteiger partial charge in [-0.3, -0.25) is 0 Å². The molecule has 0 fully saturated rings. The van der Waals surface area contributed by atoms with Crippen molar-refractivity contribution in [2.75, 3.05) is 6.54 Å². The highest BCUT2D eigenvalue weighted by Gasteiger charge is 2.05. The normalized spacial score (nSPS) is 10.6. The summed E-state index contributed by atoms with van der Waals surface area (Å²) < 4.78 is 6.89. The molecule has 0 aliphatic heterocycles. The molecule has 0 amide bonds. The van der Waals surface area contributed by atoms with E-state index in [-0.39, 0.29) is 0 Å². The molecule has 18 heavy (non-hydrogen) atoms. The molecule has 0 saturated carbocycles. The first kappa shape index (κ1) is 13.5. The van der Waals surface area contributed by atoms with Crippen LogP contribution >= 0.6 is 27.3 Å². The molecule has 0 aliphatic carbocycles. The Balaban J connectivity index is 2.08. The van der Waals surface area contributed by atoms with E-state index >= 15 is 0 Å². The predicted molar refractivity (Wildman–Crippen MR) is 78.1 cm³/mol. The molecule has 2 N–H and O–H groups in total. The van der Waals surface area contributed by atoms with Gasteiger partial charge in [0, 0.05) is 10.7 Å². The second-order valence-electron chi connectivity index (χ2n) is 3.92. The molecule has 5 heteroatoms. The van der Waals surface area contributed by atoms with Gasteiger partial charge in [-0.1, -0.05) is 15.9 Å². The van der Waals surface area contributed by atoms with Crippen LogP contribution in [0.25, 0.3) is 0 Å². The largest absolute Gasteiger partial charge is 0.488 e. The van der Waals surface area contributed by atoms with Crippen LogP contribution < -0.4 is 10.5 Å². The van der Waals surface area contributed by atoms with Crippen molar-refractivity contribution < 1.29 is 4.74 Å². The SMILES string of the molecule is Cc1ncc(COc2ccc(Br)cc2CCN)s1. The minimum atomic E-state index is 0.560. The van der Waals surface area contributed by atoms with E-state index in [2.05, 4.69) is 27.0 Å². The van der Waals surface area contributed by atoms with Crippen LogP contribution in [0.4, 0.5) is 0 Å². The number of halogens is 1. The first-order valence-electron chi connectivity index (χ1n) is 5.71. The van der Waals surface area contributed by atoms with Gasteiger partial charge in [0.05, 0.1) is 9.88 Å². The molecule has 0 atom stereocenters. The van der Waals surface area contributed by atoms with Crippen LogP contribution in [0.1, 0.15) is 15.4 Å². The van der Waals surface area contributed by atoms with Gasteiger partial charge in [-0.05, 0) is 43.7 Å². The lowest BCUT2D eigenvalue weighted by Crippen LogP contribution is -2.05. The van der Waals surface area contributed by atoms with E-state index in [0.29, 0.717) is 13.2 Å². The highest BCUT2D eigenvalue weighted by molar-refractivity contribution is 9.10. The number of aryl methyl sites for hydroxylation is 1. The Morgan fingerprint density at radius 2 is 2.28 bits per heavy atom. The number of hydrogen-bond donors (Lipinski definition) is 1. The molecule has 2 aromatic rings. The van der Waals surface area contributed by atoms with E-state index in [1.807, 2.05) is 25.3 Å². The van der Waals surface area contributed by atoms with Gasteiger partial charge >= 0.3 is 0 Å². The topological polar surface area (TPSA) is 48.1 Å². The predicted octanol–water partition coefficient (Wildman–Crippen LogP) is 3.29. The maximum absolute atomic E-state index is 5.84. The molecule has 0 unspecified atom stereocenters. The molecular formula is C13H15BrN2OS. The standard InChI is InChI=1S/C13H15BrN2OS/c1-9-16-7-12(18-9)8-17-13-3-2-11(14)6-10(13)4-5-15/h2-3,6-7H,4-5,8,15H2,1H3. The van der Waals surface area contributed by atoms with Crippen LogP contribution in [0.15, 0.2) is 28.9 Å². The molecule has 0 aliphatic rings. The number of ether oxygens (including phenoxy) is 1. The zero-order chi connectivity index (χ0) is 13.0. The lowest BCUT2D eigenvalue weighted by molar-refractivity contribution is 0.306. The summed E-state index contributed by atoms with van der Waals surface area (Å²) in [5, 5.41) is 1.06. The highest BCUT2D eigenvalue weighted by atomic mass is 79.9. The molecule has 96 valence electrons. The number of aromatic nitrogens is 1. The van der Waals surface area contributed by atoms with Crippen molar-refractivity contribution >= 4 is 27.3 Å². The molecule has 0 spiro atoms. The third kappa shape index (κ3) is 3.54. The van der Waals surface area contributed by atoms with E-state index in [1.54, 1.807) is 11.3 Å².